The van der Waals surface area contributed by atoms with Crippen LogP contribution in [0.1, 0.15) is 28.2 Å². The zero-order valence-corrected chi connectivity index (χ0v) is 13.4. The Bertz CT molecular complexity index is 578. The Morgan fingerprint density at radius 3 is 2.38 bits per heavy atom. The van der Waals surface area contributed by atoms with E-state index in [1.165, 1.54) is 22.3 Å². The maximum Gasteiger partial charge on any atom is 0.122 e. The standard InChI is InChI=1S/C19H25NO/c1-14-11-19(21-4)15(2)10-17(14)12-18(13-20-3)16-8-6-5-7-9-16/h5-11,18,20H,12-13H2,1-4H3. The summed E-state index contributed by atoms with van der Waals surface area (Å²) in [4.78, 5) is 0. The van der Waals surface area contributed by atoms with E-state index in [4.69, 9.17) is 4.74 Å². The van der Waals surface area contributed by atoms with Gasteiger partial charge in [0.05, 0.1) is 7.11 Å². The summed E-state index contributed by atoms with van der Waals surface area (Å²) < 4.78 is 5.41. The lowest BCUT2D eigenvalue weighted by Crippen LogP contribution is -2.19. The van der Waals surface area contributed by atoms with Crippen LogP contribution in [0.3, 0.4) is 0 Å². The van der Waals surface area contributed by atoms with Gasteiger partial charge in [-0.1, -0.05) is 36.4 Å². The van der Waals surface area contributed by atoms with Crippen molar-refractivity contribution in [2.24, 2.45) is 0 Å². The second kappa shape index (κ2) is 7.28. The first kappa shape index (κ1) is 15.6. The first-order chi connectivity index (χ1) is 10.2. The van der Waals surface area contributed by atoms with Crippen molar-refractivity contribution in [3.05, 3.63) is 64.7 Å². The summed E-state index contributed by atoms with van der Waals surface area (Å²) in [7, 11) is 3.75. The Balaban J connectivity index is 2.27. The molecular weight excluding hydrogens is 258 g/mol. The Hall–Kier alpha value is -1.80. The van der Waals surface area contributed by atoms with Gasteiger partial charge in [-0.05, 0) is 55.6 Å². The van der Waals surface area contributed by atoms with Crippen LogP contribution in [0.15, 0.2) is 42.5 Å². The van der Waals surface area contributed by atoms with Gasteiger partial charge in [-0.2, -0.15) is 0 Å². The number of hydrogen-bond acceptors (Lipinski definition) is 2. The van der Waals surface area contributed by atoms with Gasteiger partial charge in [-0.25, -0.2) is 0 Å². The molecular formula is C19H25NO. The number of likely N-dealkylation sites (N-methyl/N-ethyl adjacent to an activating group) is 1. The third-order valence-electron chi connectivity index (χ3n) is 4.04. The molecule has 0 aliphatic rings. The van der Waals surface area contributed by atoms with Gasteiger partial charge in [0.1, 0.15) is 5.75 Å². The van der Waals surface area contributed by atoms with E-state index in [0.29, 0.717) is 5.92 Å². The number of ether oxygens (including phenoxy) is 1. The molecule has 0 aromatic heterocycles. The lowest BCUT2D eigenvalue weighted by molar-refractivity contribution is 0.411. The summed E-state index contributed by atoms with van der Waals surface area (Å²) in [5.74, 6) is 1.46. The van der Waals surface area contributed by atoms with Crippen LogP contribution >= 0.6 is 0 Å². The van der Waals surface area contributed by atoms with E-state index >= 15 is 0 Å². The number of aryl methyl sites for hydroxylation is 2. The van der Waals surface area contributed by atoms with Gasteiger partial charge in [0, 0.05) is 12.5 Å². The van der Waals surface area contributed by atoms with Gasteiger partial charge in [-0.15, -0.1) is 0 Å². The van der Waals surface area contributed by atoms with Gasteiger partial charge in [-0.3, -0.25) is 0 Å². The summed E-state index contributed by atoms with van der Waals surface area (Å²) in [6.07, 6.45) is 1.04. The summed E-state index contributed by atoms with van der Waals surface area (Å²) in [5, 5.41) is 3.32. The minimum absolute atomic E-state index is 0.489. The third-order valence-corrected chi connectivity index (χ3v) is 4.04. The average molecular weight is 283 g/mol. The highest BCUT2D eigenvalue weighted by Crippen LogP contribution is 2.27. The third kappa shape index (κ3) is 3.85. The van der Waals surface area contributed by atoms with E-state index in [1.807, 2.05) is 7.05 Å². The zero-order valence-electron chi connectivity index (χ0n) is 13.4. The van der Waals surface area contributed by atoms with E-state index in [0.717, 1.165) is 18.7 Å². The van der Waals surface area contributed by atoms with E-state index in [9.17, 15) is 0 Å². The summed E-state index contributed by atoms with van der Waals surface area (Å²) in [5.41, 5.74) is 5.29. The van der Waals surface area contributed by atoms with E-state index in [1.54, 1.807) is 7.11 Å². The van der Waals surface area contributed by atoms with Crippen LogP contribution in [-0.2, 0) is 6.42 Å². The predicted octanol–water partition coefficient (Wildman–Crippen LogP) is 3.86. The molecule has 2 aromatic carbocycles. The molecule has 112 valence electrons. The normalized spacial score (nSPS) is 12.2. The van der Waals surface area contributed by atoms with Gasteiger partial charge >= 0.3 is 0 Å². The van der Waals surface area contributed by atoms with Crippen molar-refractivity contribution in [1.82, 2.24) is 5.32 Å². The molecule has 21 heavy (non-hydrogen) atoms. The van der Waals surface area contributed by atoms with Crippen LogP contribution in [-0.4, -0.2) is 20.7 Å². The second-order valence-corrected chi connectivity index (χ2v) is 5.62. The fourth-order valence-corrected chi connectivity index (χ4v) is 2.83. The molecule has 1 atom stereocenters. The van der Waals surface area contributed by atoms with Gasteiger partial charge in [0.15, 0.2) is 0 Å². The molecule has 2 rings (SSSR count). The van der Waals surface area contributed by atoms with Crippen LogP contribution in [0.4, 0.5) is 0 Å². The lowest BCUT2D eigenvalue weighted by atomic mass is 9.89. The molecule has 2 heteroatoms. The Morgan fingerprint density at radius 2 is 1.76 bits per heavy atom. The quantitative estimate of drug-likeness (QED) is 0.869. The van der Waals surface area contributed by atoms with Gasteiger partial charge in [0.2, 0.25) is 0 Å². The maximum atomic E-state index is 5.41. The molecule has 0 saturated heterocycles. The largest absolute Gasteiger partial charge is 0.496 e. The lowest BCUT2D eigenvalue weighted by Gasteiger charge is -2.19. The second-order valence-electron chi connectivity index (χ2n) is 5.62. The Labute approximate surface area is 128 Å². The van der Waals surface area contributed by atoms with Gasteiger partial charge < -0.3 is 10.1 Å². The average Bonchev–Trinajstić information content (AvgIpc) is 2.50. The van der Waals surface area contributed by atoms with Crippen molar-refractivity contribution in [2.75, 3.05) is 20.7 Å². The molecule has 0 aliphatic carbocycles. The zero-order chi connectivity index (χ0) is 15.2. The smallest absolute Gasteiger partial charge is 0.122 e. The SMILES string of the molecule is CNCC(Cc1cc(C)c(OC)cc1C)c1ccccc1. The fraction of sp³-hybridized carbons (Fsp3) is 0.368. The minimum Gasteiger partial charge on any atom is -0.496 e. The highest BCUT2D eigenvalue weighted by molar-refractivity contribution is 5.42. The number of benzene rings is 2. The van der Waals surface area contributed by atoms with E-state index in [-0.39, 0.29) is 0 Å². The fourth-order valence-electron chi connectivity index (χ4n) is 2.83. The van der Waals surface area contributed by atoms with Gasteiger partial charge in [0.25, 0.3) is 0 Å². The molecule has 2 nitrogen and oxygen atoms in total. The predicted molar refractivity (Wildman–Crippen MR) is 89.3 cm³/mol. The molecule has 0 heterocycles. The van der Waals surface area contributed by atoms with Crippen LogP contribution in [0.5, 0.6) is 5.75 Å². The first-order valence-electron chi connectivity index (χ1n) is 7.49. The molecule has 1 unspecified atom stereocenters. The summed E-state index contributed by atoms with van der Waals surface area (Å²) in [6.45, 7) is 5.25. The highest BCUT2D eigenvalue weighted by Gasteiger charge is 2.14. The molecule has 0 bridgehead atoms. The number of rotatable bonds is 6. The van der Waals surface area contributed by atoms with E-state index < -0.39 is 0 Å². The molecule has 2 aromatic rings. The van der Waals surface area contributed by atoms with Crippen molar-refractivity contribution < 1.29 is 4.74 Å². The Morgan fingerprint density at radius 1 is 1.05 bits per heavy atom. The molecule has 0 radical (unpaired) electrons. The highest BCUT2D eigenvalue weighted by atomic mass is 16.5. The van der Waals surface area contributed by atoms with Crippen LogP contribution in [0.25, 0.3) is 0 Å². The van der Waals surface area contributed by atoms with Crippen molar-refractivity contribution in [3.8, 4) is 5.75 Å². The van der Waals surface area contributed by atoms with E-state index in [2.05, 4.69) is 61.6 Å². The number of nitrogens with one attached hydrogen (secondary N) is 1. The van der Waals surface area contributed by atoms with Crippen LogP contribution in [0.2, 0.25) is 0 Å². The van der Waals surface area contributed by atoms with Crippen molar-refractivity contribution >= 4 is 0 Å². The molecule has 0 aliphatic heterocycles. The maximum absolute atomic E-state index is 5.41. The monoisotopic (exact) mass is 283 g/mol. The van der Waals surface area contributed by atoms with Crippen molar-refractivity contribution in [2.45, 2.75) is 26.2 Å². The first-order valence-corrected chi connectivity index (χ1v) is 7.49. The molecule has 0 fully saturated rings. The Kier molecular flexibility index (Phi) is 5.40. The molecule has 0 spiro atoms. The molecule has 0 saturated carbocycles. The van der Waals surface area contributed by atoms with Crippen LogP contribution in [0, 0.1) is 13.8 Å². The molecule has 0 amide bonds. The van der Waals surface area contributed by atoms with Crippen molar-refractivity contribution in [1.29, 1.82) is 0 Å². The molecule has 1 N–H and O–H groups in total. The summed E-state index contributed by atoms with van der Waals surface area (Å²) in [6, 6.07) is 15.1. The van der Waals surface area contributed by atoms with Crippen LogP contribution < -0.4 is 10.1 Å². The number of hydrogen-bond donors (Lipinski definition) is 1. The van der Waals surface area contributed by atoms with Crippen molar-refractivity contribution in [3.63, 3.8) is 0 Å². The minimum atomic E-state index is 0.489. The topological polar surface area (TPSA) is 21.3 Å². The summed E-state index contributed by atoms with van der Waals surface area (Å²) >= 11 is 0. The number of methoxy groups -OCH3 is 1.